The van der Waals surface area contributed by atoms with Gasteiger partial charge in [-0.05, 0) is 65.7 Å². The van der Waals surface area contributed by atoms with Crippen LogP contribution in [-0.4, -0.2) is 46.2 Å². The first-order chi connectivity index (χ1) is 24.8. The van der Waals surface area contributed by atoms with E-state index in [2.05, 4.69) is 16.0 Å². The number of nitrogens with one attached hydrogen (secondary N) is 3. The van der Waals surface area contributed by atoms with Gasteiger partial charge < -0.3 is 34.9 Å². The molecule has 0 heterocycles. The fourth-order valence-corrected chi connectivity index (χ4v) is 6.02. The highest BCUT2D eigenvalue weighted by Gasteiger charge is 2.23. The third-order valence-corrected chi connectivity index (χ3v) is 8.84. The van der Waals surface area contributed by atoms with Gasteiger partial charge in [-0.1, -0.05) is 54.6 Å². The van der Waals surface area contributed by atoms with Crippen molar-refractivity contribution in [2.75, 3.05) is 39.1 Å². The van der Waals surface area contributed by atoms with Crippen molar-refractivity contribution in [1.82, 2.24) is 5.32 Å². The van der Waals surface area contributed by atoms with Gasteiger partial charge in [-0.2, -0.15) is 0 Å². The Hall–Kier alpha value is -6.20. The molecule has 10 nitrogen and oxygen atoms in total. The molecule has 0 saturated heterocycles. The predicted octanol–water partition coefficient (Wildman–Crippen LogP) is 7.60. The molecule has 260 valence electrons. The minimum atomic E-state index is -0.604. The molecule has 0 aliphatic carbocycles. The molecule has 0 aliphatic rings. The second kappa shape index (κ2) is 17.5. The van der Waals surface area contributed by atoms with Crippen LogP contribution in [-0.2, 0) is 9.59 Å². The van der Waals surface area contributed by atoms with Gasteiger partial charge in [0.2, 0.25) is 5.91 Å². The SMILES string of the molecule is COc1cc(NC(=O)C(Sc2ccc(NC(=O)/C(=C/c3ccc(OC)c(OC)c3)NC(=O)c3ccccc3)cc2)c2ccccc2)cc(OC)c1. The Labute approximate surface area is 300 Å². The number of hydrogen-bond donors (Lipinski definition) is 3. The molecule has 0 aromatic heterocycles. The summed E-state index contributed by atoms with van der Waals surface area (Å²) < 4.78 is 21.5. The number of anilines is 2. The summed E-state index contributed by atoms with van der Waals surface area (Å²) in [5.41, 5.74) is 2.85. The number of ether oxygens (including phenoxy) is 4. The normalized spacial score (nSPS) is 11.5. The van der Waals surface area contributed by atoms with E-state index in [4.69, 9.17) is 18.9 Å². The van der Waals surface area contributed by atoms with E-state index in [1.165, 1.54) is 26.0 Å². The maximum absolute atomic E-state index is 13.7. The molecule has 1 unspecified atom stereocenters. The zero-order valence-corrected chi connectivity index (χ0v) is 29.3. The summed E-state index contributed by atoms with van der Waals surface area (Å²) in [6, 6.07) is 35.5. The molecule has 11 heteroatoms. The average Bonchev–Trinajstić information content (AvgIpc) is 3.17. The molecule has 3 N–H and O–H groups in total. The van der Waals surface area contributed by atoms with Crippen LogP contribution in [0.5, 0.6) is 23.0 Å². The van der Waals surface area contributed by atoms with Gasteiger partial charge >= 0.3 is 0 Å². The molecular formula is C40H37N3O7S. The monoisotopic (exact) mass is 703 g/mol. The second-order valence-electron chi connectivity index (χ2n) is 11.0. The van der Waals surface area contributed by atoms with E-state index in [9.17, 15) is 14.4 Å². The molecule has 5 aromatic rings. The van der Waals surface area contributed by atoms with E-state index in [1.807, 2.05) is 42.5 Å². The summed E-state index contributed by atoms with van der Waals surface area (Å²) in [7, 11) is 6.15. The summed E-state index contributed by atoms with van der Waals surface area (Å²) in [4.78, 5) is 41.2. The summed E-state index contributed by atoms with van der Waals surface area (Å²) in [5.74, 6) is 0.878. The lowest BCUT2D eigenvalue weighted by Gasteiger charge is -2.18. The van der Waals surface area contributed by atoms with Gasteiger partial charge in [0, 0.05) is 40.0 Å². The quantitative estimate of drug-likeness (QED) is 0.0798. The fourth-order valence-electron chi connectivity index (χ4n) is 4.99. The second-order valence-corrected chi connectivity index (χ2v) is 12.1. The van der Waals surface area contributed by atoms with Crippen molar-refractivity contribution in [3.05, 3.63) is 144 Å². The highest BCUT2D eigenvalue weighted by molar-refractivity contribution is 8.00. The number of rotatable bonds is 14. The number of carbonyl (C=O) groups excluding carboxylic acids is 3. The molecule has 3 amide bonds. The Balaban J connectivity index is 1.35. The van der Waals surface area contributed by atoms with Crippen LogP contribution in [0.15, 0.2) is 132 Å². The van der Waals surface area contributed by atoms with Crippen LogP contribution in [0.1, 0.15) is 26.7 Å². The van der Waals surface area contributed by atoms with E-state index in [0.29, 0.717) is 45.5 Å². The first kappa shape index (κ1) is 36.1. The summed E-state index contributed by atoms with van der Waals surface area (Å²) in [6.07, 6.45) is 1.56. The molecule has 51 heavy (non-hydrogen) atoms. The molecule has 5 rings (SSSR count). The molecular weight excluding hydrogens is 667 g/mol. The predicted molar refractivity (Wildman–Crippen MR) is 200 cm³/mol. The minimum absolute atomic E-state index is 0.0181. The van der Waals surface area contributed by atoms with Gasteiger partial charge in [0.1, 0.15) is 22.4 Å². The molecule has 0 radical (unpaired) electrons. The third-order valence-electron chi connectivity index (χ3n) is 7.57. The minimum Gasteiger partial charge on any atom is -0.497 e. The van der Waals surface area contributed by atoms with Crippen molar-refractivity contribution in [1.29, 1.82) is 0 Å². The van der Waals surface area contributed by atoms with Crippen molar-refractivity contribution in [2.45, 2.75) is 10.1 Å². The molecule has 5 aromatic carbocycles. The van der Waals surface area contributed by atoms with E-state index >= 15 is 0 Å². The van der Waals surface area contributed by atoms with E-state index < -0.39 is 17.1 Å². The summed E-state index contributed by atoms with van der Waals surface area (Å²) in [5, 5.41) is 8.00. The first-order valence-electron chi connectivity index (χ1n) is 15.8. The average molecular weight is 704 g/mol. The first-order valence-corrected chi connectivity index (χ1v) is 16.6. The highest BCUT2D eigenvalue weighted by atomic mass is 32.2. The van der Waals surface area contributed by atoms with Gasteiger partial charge in [0.25, 0.3) is 11.8 Å². The summed E-state index contributed by atoms with van der Waals surface area (Å²) in [6.45, 7) is 0. The van der Waals surface area contributed by atoms with Crippen LogP contribution in [0.2, 0.25) is 0 Å². The van der Waals surface area contributed by atoms with Gasteiger partial charge in [0.15, 0.2) is 11.5 Å². The number of amides is 3. The van der Waals surface area contributed by atoms with Crippen molar-refractivity contribution < 1.29 is 33.3 Å². The lowest BCUT2D eigenvalue weighted by molar-refractivity contribution is -0.116. The number of methoxy groups -OCH3 is 4. The Morgan fingerprint density at radius 1 is 0.627 bits per heavy atom. The van der Waals surface area contributed by atoms with Gasteiger partial charge in [-0.3, -0.25) is 14.4 Å². The standard InChI is InChI=1S/C40H37N3O7S/c1-47-31-23-30(24-32(25-31)48-2)42-40(46)37(27-11-7-5-8-12-27)51-33-18-16-29(17-19-33)41-39(45)34(43-38(44)28-13-9-6-10-14-28)21-26-15-20-35(49-3)36(22-26)50-4/h5-25,37H,1-4H3,(H,41,45)(H,42,46)(H,43,44)/b34-21-. The van der Waals surface area contributed by atoms with Gasteiger partial charge in [0.05, 0.1) is 28.4 Å². The zero-order valence-electron chi connectivity index (χ0n) is 28.5. The topological polar surface area (TPSA) is 124 Å². The van der Waals surface area contributed by atoms with Crippen LogP contribution in [0.3, 0.4) is 0 Å². The van der Waals surface area contributed by atoms with E-state index in [-0.39, 0.29) is 11.6 Å². The third kappa shape index (κ3) is 9.71. The van der Waals surface area contributed by atoms with Crippen molar-refractivity contribution >= 4 is 46.9 Å². The van der Waals surface area contributed by atoms with Crippen molar-refractivity contribution in [3.8, 4) is 23.0 Å². The molecule has 0 spiro atoms. The Bertz CT molecular complexity index is 1980. The maximum atomic E-state index is 13.7. The Morgan fingerprint density at radius 3 is 1.86 bits per heavy atom. The lowest BCUT2D eigenvalue weighted by Crippen LogP contribution is -2.30. The number of thioether (sulfide) groups is 1. The zero-order chi connectivity index (χ0) is 36.2. The lowest BCUT2D eigenvalue weighted by atomic mass is 10.1. The van der Waals surface area contributed by atoms with Gasteiger partial charge in [-0.15, -0.1) is 11.8 Å². The van der Waals surface area contributed by atoms with Crippen LogP contribution in [0.25, 0.3) is 6.08 Å². The Kier molecular flexibility index (Phi) is 12.4. The molecule has 0 fully saturated rings. The smallest absolute Gasteiger partial charge is 0.272 e. The summed E-state index contributed by atoms with van der Waals surface area (Å²) >= 11 is 1.36. The highest BCUT2D eigenvalue weighted by Crippen LogP contribution is 2.37. The van der Waals surface area contributed by atoms with Crippen molar-refractivity contribution in [2.24, 2.45) is 0 Å². The molecule has 1 atom stereocenters. The van der Waals surface area contributed by atoms with Gasteiger partial charge in [-0.25, -0.2) is 0 Å². The van der Waals surface area contributed by atoms with E-state index in [1.54, 1.807) is 99.2 Å². The number of carbonyl (C=O) groups is 3. The molecule has 0 aliphatic heterocycles. The van der Waals surface area contributed by atoms with Crippen molar-refractivity contribution in [3.63, 3.8) is 0 Å². The van der Waals surface area contributed by atoms with Crippen LogP contribution in [0.4, 0.5) is 11.4 Å². The van der Waals surface area contributed by atoms with Crippen LogP contribution in [0, 0.1) is 0 Å². The maximum Gasteiger partial charge on any atom is 0.272 e. The van der Waals surface area contributed by atoms with Crippen LogP contribution < -0.4 is 34.9 Å². The number of benzene rings is 5. The fraction of sp³-hybridized carbons (Fsp3) is 0.125. The van der Waals surface area contributed by atoms with Crippen LogP contribution >= 0.6 is 11.8 Å². The molecule has 0 saturated carbocycles. The Morgan fingerprint density at radius 2 is 1.25 bits per heavy atom. The van der Waals surface area contributed by atoms with E-state index in [0.717, 1.165) is 10.5 Å². The largest absolute Gasteiger partial charge is 0.497 e. The number of hydrogen-bond acceptors (Lipinski definition) is 8. The molecule has 0 bridgehead atoms.